The molecule has 0 aliphatic rings. The smallest absolute Gasteiger partial charge is 0.244 e. The maximum atomic E-state index is 11.4. The largest absolute Gasteiger partial charge is 0.457 e. The van der Waals surface area contributed by atoms with Crippen LogP contribution < -0.4 is 5.32 Å². The normalized spacial score (nSPS) is 11.1. The summed E-state index contributed by atoms with van der Waals surface area (Å²) in [7, 11) is 0. The van der Waals surface area contributed by atoms with Gasteiger partial charge in [0.1, 0.15) is 11.3 Å². The lowest BCUT2D eigenvalue weighted by Crippen LogP contribution is -2.21. The first-order valence-electron chi connectivity index (χ1n) is 5.74. The van der Waals surface area contributed by atoms with Gasteiger partial charge in [-0.1, -0.05) is 25.1 Å². The third-order valence-corrected chi connectivity index (χ3v) is 2.39. The predicted octanol–water partition coefficient (Wildman–Crippen LogP) is 2.97. The molecule has 0 unspecified atom stereocenters. The van der Waals surface area contributed by atoms with Gasteiger partial charge in [0.2, 0.25) is 5.91 Å². The van der Waals surface area contributed by atoms with Crippen molar-refractivity contribution >= 4 is 23.0 Å². The molecule has 0 saturated carbocycles. The number of amides is 1. The molecule has 1 heterocycles. The number of hydrogen-bond acceptors (Lipinski definition) is 2. The minimum atomic E-state index is -0.0905. The molecule has 3 nitrogen and oxygen atoms in total. The van der Waals surface area contributed by atoms with E-state index in [1.54, 1.807) is 6.08 Å². The summed E-state index contributed by atoms with van der Waals surface area (Å²) in [4.78, 5) is 11.4. The van der Waals surface area contributed by atoms with E-state index in [1.807, 2.05) is 37.3 Å². The summed E-state index contributed by atoms with van der Waals surface area (Å²) < 4.78 is 5.56. The van der Waals surface area contributed by atoms with Gasteiger partial charge in [0.25, 0.3) is 0 Å². The lowest BCUT2D eigenvalue weighted by molar-refractivity contribution is -0.116. The molecule has 17 heavy (non-hydrogen) atoms. The van der Waals surface area contributed by atoms with Gasteiger partial charge in [-0.2, -0.15) is 0 Å². The molecule has 1 amide bonds. The summed E-state index contributed by atoms with van der Waals surface area (Å²) >= 11 is 0. The summed E-state index contributed by atoms with van der Waals surface area (Å²) in [5.74, 6) is 0.602. The van der Waals surface area contributed by atoms with Crippen LogP contribution in [-0.4, -0.2) is 12.5 Å². The quantitative estimate of drug-likeness (QED) is 0.819. The van der Waals surface area contributed by atoms with Gasteiger partial charge in [-0.05, 0) is 24.6 Å². The molecule has 0 bridgehead atoms. The Hall–Kier alpha value is -2.03. The lowest BCUT2D eigenvalue weighted by atomic mass is 10.2. The Morgan fingerprint density at radius 2 is 2.24 bits per heavy atom. The van der Waals surface area contributed by atoms with Crippen molar-refractivity contribution in [3.8, 4) is 0 Å². The minimum absolute atomic E-state index is 0.0905. The van der Waals surface area contributed by atoms with Gasteiger partial charge < -0.3 is 9.73 Å². The van der Waals surface area contributed by atoms with Gasteiger partial charge in [-0.15, -0.1) is 0 Å². The number of carbonyl (C=O) groups is 1. The molecule has 3 heteroatoms. The molecule has 0 spiro atoms. The summed E-state index contributed by atoms with van der Waals surface area (Å²) in [5.41, 5.74) is 0.834. The molecule has 0 aliphatic carbocycles. The second-order valence-corrected chi connectivity index (χ2v) is 3.81. The van der Waals surface area contributed by atoms with Crippen molar-refractivity contribution < 1.29 is 9.21 Å². The van der Waals surface area contributed by atoms with Crippen molar-refractivity contribution in [2.75, 3.05) is 6.54 Å². The van der Waals surface area contributed by atoms with Crippen molar-refractivity contribution in [3.05, 3.63) is 42.2 Å². The van der Waals surface area contributed by atoms with Gasteiger partial charge in [-0.3, -0.25) is 4.79 Å². The van der Waals surface area contributed by atoms with Crippen LogP contribution in [0.1, 0.15) is 19.1 Å². The molecule has 0 radical (unpaired) electrons. The number of para-hydroxylation sites is 1. The third-order valence-electron chi connectivity index (χ3n) is 2.39. The monoisotopic (exact) mass is 229 g/mol. The van der Waals surface area contributed by atoms with E-state index in [2.05, 4.69) is 5.32 Å². The zero-order chi connectivity index (χ0) is 12.1. The van der Waals surface area contributed by atoms with Crippen LogP contribution >= 0.6 is 0 Å². The molecule has 2 aromatic rings. The van der Waals surface area contributed by atoms with Crippen LogP contribution in [-0.2, 0) is 4.79 Å². The van der Waals surface area contributed by atoms with Crippen molar-refractivity contribution in [1.82, 2.24) is 5.32 Å². The topological polar surface area (TPSA) is 42.2 Å². The number of rotatable bonds is 4. The van der Waals surface area contributed by atoms with Crippen LogP contribution in [0.2, 0.25) is 0 Å². The molecule has 2 rings (SSSR count). The lowest BCUT2D eigenvalue weighted by Gasteiger charge is -1.96. The summed E-state index contributed by atoms with van der Waals surface area (Å²) in [6.45, 7) is 2.71. The van der Waals surface area contributed by atoms with Gasteiger partial charge in [0.15, 0.2) is 0 Å². The molecule has 0 atom stereocenters. The second kappa shape index (κ2) is 5.34. The fraction of sp³-hybridized carbons (Fsp3) is 0.214. The van der Waals surface area contributed by atoms with Gasteiger partial charge in [0, 0.05) is 18.0 Å². The highest BCUT2D eigenvalue weighted by atomic mass is 16.3. The Morgan fingerprint density at radius 3 is 3.00 bits per heavy atom. The third kappa shape index (κ3) is 2.97. The Balaban J connectivity index is 2.07. The number of nitrogens with one attached hydrogen (secondary N) is 1. The van der Waals surface area contributed by atoms with Crippen LogP contribution in [0, 0.1) is 0 Å². The van der Waals surface area contributed by atoms with E-state index >= 15 is 0 Å². The first-order chi connectivity index (χ1) is 8.29. The minimum Gasteiger partial charge on any atom is -0.457 e. The van der Waals surface area contributed by atoms with Crippen LogP contribution in [0.4, 0.5) is 0 Å². The van der Waals surface area contributed by atoms with Crippen molar-refractivity contribution in [1.29, 1.82) is 0 Å². The summed E-state index contributed by atoms with van der Waals surface area (Å²) in [6.07, 6.45) is 4.11. The molecular formula is C14H15NO2. The van der Waals surface area contributed by atoms with Gasteiger partial charge >= 0.3 is 0 Å². The van der Waals surface area contributed by atoms with E-state index in [-0.39, 0.29) is 5.91 Å². The SMILES string of the molecule is CCCNC(=O)/C=C/c1cc2ccccc2o1. The highest BCUT2D eigenvalue weighted by Crippen LogP contribution is 2.19. The highest BCUT2D eigenvalue weighted by molar-refractivity contribution is 5.92. The van der Waals surface area contributed by atoms with E-state index < -0.39 is 0 Å². The number of fused-ring (bicyclic) bond motifs is 1. The fourth-order valence-electron chi connectivity index (χ4n) is 1.55. The zero-order valence-corrected chi connectivity index (χ0v) is 9.77. The standard InChI is InChI=1S/C14H15NO2/c1-2-9-15-14(16)8-7-12-10-11-5-3-4-6-13(11)17-12/h3-8,10H,2,9H2,1H3,(H,15,16)/b8-7+. The average molecular weight is 229 g/mol. The molecular weight excluding hydrogens is 214 g/mol. The first-order valence-corrected chi connectivity index (χ1v) is 5.74. The van der Waals surface area contributed by atoms with Crippen molar-refractivity contribution in [3.63, 3.8) is 0 Å². The van der Waals surface area contributed by atoms with E-state index in [9.17, 15) is 4.79 Å². The zero-order valence-electron chi connectivity index (χ0n) is 9.77. The number of benzene rings is 1. The first kappa shape index (κ1) is 11.5. The van der Waals surface area contributed by atoms with Crippen molar-refractivity contribution in [2.24, 2.45) is 0 Å². The number of carbonyl (C=O) groups excluding carboxylic acids is 1. The van der Waals surface area contributed by atoms with Crippen LogP contribution in [0.3, 0.4) is 0 Å². The van der Waals surface area contributed by atoms with Crippen LogP contribution in [0.25, 0.3) is 17.0 Å². The van der Waals surface area contributed by atoms with Crippen molar-refractivity contribution in [2.45, 2.75) is 13.3 Å². The Labute approximate surface area is 100 Å². The number of hydrogen-bond donors (Lipinski definition) is 1. The van der Waals surface area contributed by atoms with Crippen LogP contribution in [0.15, 0.2) is 40.8 Å². The Bertz CT molecular complexity index is 507. The maximum Gasteiger partial charge on any atom is 0.244 e. The van der Waals surface area contributed by atoms with E-state index in [0.29, 0.717) is 12.3 Å². The van der Waals surface area contributed by atoms with E-state index in [1.165, 1.54) is 6.08 Å². The van der Waals surface area contributed by atoms with E-state index in [4.69, 9.17) is 4.42 Å². The second-order valence-electron chi connectivity index (χ2n) is 3.81. The maximum absolute atomic E-state index is 11.4. The molecule has 0 saturated heterocycles. The highest BCUT2D eigenvalue weighted by Gasteiger charge is 2.00. The fourth-order valence-corrected chi connectivity index (χ4v) is 1.55. The van der Waals surface area contributed by atoms with Gasteiger partial charge in [0.05, 0.1) is 0 Å². The van der Waals surface area contributed by atoms with Crippen LogP contribution in [0.5, 0.6) is 0 Å². The number of furan rings is 1. The molecule has 1 N–H and O–H groups in total. The Kier molecular flexibility index (Phi) is 3.60. The molecule has 0 fully saturated rings. The molecule has 0 aliphatic heterocycles. The van der Waals surface area contributed by atoms with E-state index in [0.717, 1.165) is 17.4 Å². The molecule has 1 aromatic carbocycles. The average Bonchev–Trinajstić information content (AvgIpc) is 2.76. The van der Waals surface area contributed by atoms with Gasteiger partial charge in [-0.25, -0.2) is 0 Å². The molecule has 88 valence electrons. The molecule has 1 aromatic heterocycles. The Morgan fingerprint density at radius 1 is 1.41 bits per heavy atom. The predicted molar refractivity (Wildman–Crippen MR) is 68.5 cm³/mol. The summed E-state index contributed by atoms with van der Waals surface area (Å²) in [5, 5.41) is 3.81. The summed E-state index contributed by atoms with van der Waals surface area (Å²) in [6, 6.07) is 9.68.